The molecule has 7 heteroatoms. The Bertz CT molecular complexity index is 792. The van der Waals surface area contributed by atoms with Crippen LogP contribution in [0.25, 0.3) is 0 Å². The molecule has 1 aromatic rings. The predicted octanol–water partition coefficient (Wildman–Crippen LogP) is 2.58. The molecule has 28 heavy (non-hydrogen) atoms. The van der Waals surface area contributed by atoms with E-state index < -0.39 is 23.1 Å². The number of aliphatic hydroxyl groups excluding tert-OH is 1. The summed E-state index contributed by atoms with van der Waals surface area (Å²) >= 11 is 0. The zero-order valence-electron chi connectivity index (χ0n) is 17.7. The van der Waals surface area contributed by atoms with Crippen molar-refractivity contribution in [2.45, 2.75) is 26.8 Å². The quantitative estimate of drug-likeness (QED) is 0.771. The number of Topliss-reactive ketones (excluding diaryl/α,β-unsaturated/α-hetero) is 1. The van der Waals surface area contributed by atoms with E-state index in [1.807, 2.05) is 19.0 Å². The van der Waals surface area contributed by atoms with Crippen molar-refractivity contribution in [2.75, 3.05) is 41.4 Å². The van der Waals surface area contributed by atoms with Gasteiger partial charge in [-0.05, 0) is 20.2 Å². The van der Waals surface area contributed by atoms with Crippen LogP contribution >= 0.6 is 0 Å². The van der Waals surface area contributed by atoms with E-state index in [2.05, 4.69) is 0 Å². The number of carbonyl (C=O) groups is 2. The van der Waals surface area contributed by atoms with Crippen LogP contribution in [-0.2, 0) is 9.59 Å². The summed E-state index contributed by atoms with van der Waals surface area (Å²) in [7, 11) is 6.84. The molecule has 0 saturated carbocycles. The van der Waals surface area contributed by atoms with Crippen molar-refractivity contribution < 1.29 is 24.2 Å². The maximum atomic E-state index is 13.2. The van der Waals surface area contributed by atoms with Crippen LogP contribution in [0.4, 0.5) is 0 Å². The van der Waals surface area contributed by atoms with E-state index in [9.17, 15) is 14.7 Å². The molecule has 0 spiro atoms. The SMILES string of the molecule is COc1cccc(C2C(C(=O)C(C)(C)C)=C(O)C(=O)N2CCN(C)C)c1OC. The fourth-order valence-corrected chi connectivity index (χ4v) is 3.28. The third-order valence-corrected chi connectivity index (χ3v) is 4.75. The number of hydrogen-bond donors (Lipinski definition) is 1. The van der Waals surface area contributed by atoms with Gasteiger partial charge in [0.05, 0.1) is 25.8 Å². The Kier molecular flexibility index (Phi) is 6.39. The van der Waals surface area contributed by atoms with Crippen molar-refractivity contribution >= 4 is 11.7 Å². The lowest BCUT2D eigenvalue weighted by Crippen LogP contribution is -2.37. The van der Waals surface area contributed by atoms with Gasteiger partial charge in [0.1, 0.15) is 0 Å². The second kappa shape index (κ2) is 8.22. The molecule has 154 valence electrons. The highest BCUT2D eigenvalue weighted by atomic mass is 16.5. The van der Waals surface area contributed by atoms with Crippen LogP contribution in [0.15, 0.2) is 29.5 Å². The van der Waals surface area contributed by atoms with Gasteiger partial charge in [-0.3, -0.25) is 9.59 Å². The number of amides is 1. The van der Waals surface area contributed by atoms with E-state index in [-0.39, 0.29) is 11.4 Å². The van der Waals surface area contributed by atoms with E-state index in [1.165, 1.54) is 19.1 Å². The third kappa shape index (κ3) is 3.99. The van der Waals surface area contributed by atoms with Gasteiger partial charge in [-0.1, -0.05) is 32.9 Å². The first-order valence-corrected chi connectivity index (χ1v) is 9.19. The minimum atomic E-state index is -0.758. The molecule has 1 heterocycles. The van der Waals surface area contributed by atoms with Gasteiger partial charge < -0.3 is 24.4 Å². The summed E-state index contributed by atoms with van der Waals surface area (Å²) in [5.74, 6) is -0.390. The van der Waals surface area contributed by atoms with Crippen molar-refractivity contribution in [3.05, 3.63) is 35.1 Å². The summed E-state index contributed by atoms with van der Waals surface area (Å²) in [6.45, 7) is 6.23. The first kappa shape index (κ1) is 21.8. The van der Waals surface area contributed by atoms with Gasteiger partial charge in [0.2, 0.25) is 0 Å². The first-order chi connectivity index (χ1) is 13.0. The van der Waals surface area contributed by atoms with Gasteiger partial charge in [0, 0.05) is 24.1 Å². The largest absolute Gasteiger partial charge is 0.503 e. The number of aliphatic hydroxyl groups is 1. The van der Waals surface area contributed by atoms with Crippen LogP contribution in [0.2, 0.25) is 0 Å². The monoisotopic (exact) mass is 390 g/mol. The molecular weight excluding hydrogens is 360 g/mol. The molecule has 1 aromatic carbocycles. The van der Waals surface area contributed by atoms with Crippen LogP contribution in [0.3, 0.4) is 0 Å². The van der Waals surface area contributed by atoms with Crippen LogP contribution < -0.4 is 9.47 Å². The normalized spacial score (nSPS) is 17.5. The highest BCUT2D eigenvalue weighted by molar-refractivity contribution is 6.10. The van der Waals surface area contributed by atoms with E-state index in [0.717, 1.165) is 0 Å². The number of benzene rings is 1. The zero-order valence-corrected chi connectivity index (χ0v) is 17.7. The zero-order chi connectivity index (χ0) is 21.2. The molecule has 1 aliphatic heterocycles. The Balaban J connectivity index is 2.68. The molecule has 1 unspecified atom stereocenters. The summed E-state index contributed by atoms with van der Waals surface area (Å²) in [6.07, 6.45) is 0. The molecule has 2 rings (SSSR count). The number of hydrogen-bond acceptors (Lipinski definition) is 6. The molecule has 0 saturated heterocycles. The summed E-state index contributed by atoms with van der Waals surface area (Å²) < 4.78 is 10.9. The molecule has 0 aromatic heterocycles. The molecule has 0 aliphatic carbocycles. The minimum Gasteiger partial charge on any atom is -0.503 e. The van der Waals surface area contributed by atoms with Crippen LogP contribution in [0, 0.1) is 5.41 Å². The van der Waals surface area contributed by atoms with Crippen molar-refractivity contribution in [2.24, 2.45) is 5.41 Å². The summed E-state index contributed by atoms with van der Waals surface area (Å²) in [5.41, 5.74) is -0.0562. The Morgan fingerprint density at radius 2 is 1.86 bits per heavy atom. The van der Waals surface area contributed by atoms with E-state index in [1.54, 1.807) is 39.0 Å². The van der Waals surface area contributed by atoms with E-state index in [4.69, 9.17) is 9.47 Å². The molecule has 1 atom stereocenters. The van der Waals surface area contributed by atoms with E-state index >= 15 is 0 Å². The lowest BCUT2D eigenvalue weighted by molar-refractivity contribution is -0.129. The van der Waals surface area contributed by atoms with Gasteiger partial charge in [-0.2, -0.15) is 0 Å². The number of likely N-dealkylation sites (N-methyl/N-ethyl adjacent to an activating group) is 1. The lowest BCUT2D eigenvalue weighted by atomic mass is 9.82. The van der Waals surface area contributed by atoms with Gasteiger partial charge in [0.25, 0.3) is 5.91 Å². The lowest BCUT2D eigenvalue weighted by Gasteiger charge is -2.30. The molecule has 7 nitrogen and oxygen atoms in total. The highest BCUT2D eigenvalue weighted by Gasteiger charge is 2.47. The van der Waals surface area contributed by atoms with Gasteiger partial charge in [0.15, 0.2) is 23.0 Å². The van der Waals surface area contributed by atoms with Gasteiger partial charge in [-0.25, -0.2) is 0 Å². The third-order valence-electron chi connectivity index (χ3n) is 4.75. The number of nitrogens with zero attached hydrogens (tertiary/aromatic N) is 2. The second-order valence-electron chi connectivity index (χ2n) is 8.13. The Hall–Kier alpha value is -2.54. The second-order valence-corrected chi connectivity index (χ2v) is 8.13. The fourth-order valence-electron chi connectivity index (χ4n) is 3.28. The number of ether oxygens (including phenoxy) is 2. The molecule has 1 amide bonds. The predicted molar refractivity (Wildman–Crippen MR) is 107 cm³/mol. The Labute approximate surface area is 166 Å². The maximum absolute atomic E-state index is 13.2. The number of carbonyl (C=O) groups excluding carboxylic acids is 2. The number of para-hydroxylation sites is 1. The van der Waals surface area contributed by atoms with Crippen molar-refractivity contribution in [3.63, 3.8) is 0 Å². The van der Waals surface area contributed by atoms with Gasteiger partial charge >= 0.3 is 0 Å². The molecule has 1 N–H and O–H groups in total. The number of methoxy groups -OCH3 is 2. The topological polar surface area (TPSA) is 79.3 Å². The van der Waals surface area contributed by atoms with Crippen molar-refractivity contribution in [3.8, 4) is 11.5 Å². The molecular formula is C21H30N2O5. The van der Waals surface area contributed by atoms with Crippen LogP contribution in [-0.4, -0.2) is 68.0 Å². The summed E-state index contributed by atoms with van der Waals surface area (Å²) in [4.78, 5) is 29.5. The van der Waals surface area contributed by atoms with Crippen molar-refractivity contribution in [1.82, 2.24) is 9.80 Å². The summed E-state index contributed by atoms with van der Waals surface area (Å²) in [6, 6.07) is 4.57. The standard InChI is InChI=1S/C21H30N2O5/c1-21(2,3)19(25)15-16(13-9-8-10-14(27-6)18(13)28-7)23(12-11-22(4)5)20(26)17(15)24/h8-10,16,24H,11-12H2,1-7H3. The fraction of sp³-hybridized carbons (Fsp3) is 0.524. The maximum Gasteiger partial charge on any atom is 0.290 e. The Morgan fingerprint density at radius 1 is 1.21 bits per heavy atom. The smallest absolute Gasteiger partial charge is 0.290 e. The number of ketones is 1. The molecule has 0 fully saturated rings. The van der Waals surface area contributed by atoms with Gasteiger partial charge in [-0.15, -0.1) is 0 Å². The molecule has 0 bridgehead atoms. The van der Waals surface area contributed by atoms with Crippen LogP contribution in [0.1, 0.15) is 32.4 Å². The highest BCUT2D eigenvalue weighted by Crippen LogP contribution is 2.46. The molecule has 1 aliphatic rings. The van der Waals surface area contributed by atoms with E-state index in [0.29, 0.717) is 30.2 Å². The Morgan fingerprint density at radius 3 is 2.36 bits per heavy atom. The number of rotatable bonds is 7. The average molecular weight is 390 g/mol. The van der Waals surface area contributed by atoms with Crippen molar-refractivity contribution in [1.29, 1.82) is 0 Å². The molecule has 0 radical (unpaired) electrons. The first-order valence-electron chi connectivity index (χ1n) is 9.19. The van der Waals surface area contributed by atoms with Crippen LogP contribution in [0.5, 0.6) is 11.5 Å². The summed E-state index contributed by atoms with van der Waals surface area (Å²) in [5, 5.41) is 10.6. The average Bonchev–Trinajstić information content (AvgIpc) is 2.88. The minimum absolute atomic E-state index is 0.0998.